The van der Waals surface area contributed by atoms with Crippen molar-refractivity contribution in [3.63, 3.8) is 0 Å². The number of imide groups is 1. The van der Waals surface area contributed by atoms with Gasteiger partial charge in [-0.1, -0.05) is 15.9 Å². The molecule has 0 bridgehead atoms. The van der Waals surface area contributed by atoms with Gasteiger partial charge in [0.15, 0.2) is 0 Å². The minimum atomic E-state index is -0.373. The highest BCUT2D eigenvalue weighted by Gasteiger charge is 2.25. The van der Waals surface area contributed by atoms with Gasteiger partial charge in [-0.25, -0.2) is 0 Å². The first-order chi connectivity index (χ1) is 8.10. The van der Waals surface area contributed by atoms with Crippen molar-refractivity contribution in [2.24, 2.45) is 0 Å². The summed E-state index contributed by atoms with van der Waals surface area (Å²) in [5.74, 6) is 0.274. The van der Waals surface area contributed by atoms with Gasteiger partial charge in [-0.3, -0.25) is 14.9 Å². The molecular weight excluding hydrogens is 306 g/mol. The molecule has 0 aromatic heterocycles. The van der Waals surface area contributed by atoms with Gasteiger partial charge in [-0.2, -0.15) is 0 Å². The molecular formula is C11H8BrNO3S. The Kier molecular flexibility index (Phi) is 3.54. The van der Waals surface area contributed by atoms with Crippen LogP contribution in [0.4, 0.5) is 4.79 Å². The molecule has 88 valence electrons. The summed E-state index contributed by atoms with van der Waals surface area (Å²) in [6.07, 6.45) is 1.63. The summed E-state index contributed by atoms with van der Waals surface area (Å²) >= 11 is 4.23. The highest BCUT2D eigenvalue weighted by molar-refractivity contribution is 9.10. The lowest BCUT2D eigenvalue weighted by Gasteiger charge is -2.05. The van der Waals surface area contributed by atoms with E-state index >= 15 is 0 Å². The fourth-order valence-electron chi connectivity index (χ4n) is 1.38. The monoisotopic (exact) mass is 313 g/mol. The zero-order valence-electron chi connectivity index (χ0n) is 8.82. The zero-order valence-corrected chi connectivity index (χ0v) is 11.2. The minimum absolute atomic E-state index is 0.352. The molecule has 1 aromatic carbocycles. The molecule has 0 saturated carbocycles. The number of benzene rings is 1. The Labute approximate surface area is 111 Å². The van der Waals surface area contributed by atoms with Crippen molar-refractivity contribution in [3.05, 3.63) is 33.1 Å². The van der Waals surface area contributed by atoms with Crippen LogP contribution in [0.1, 0.15) is 5.56 Å². The summed E-state index contributed by atoms with van der Waals surface area (Å²) in [7, 11) is 1.55. The summed E-state index contributed by atoms with van der Waals surface area (Å²) in [5.41, 5.74) is 0.745. The molecule has 6 heteroatoms. The van der Waals surface area contributed by atoms with Crippen molar-refractivity contribution in [1.82, 2.24) is 5.32 Å². The molecule has 0 aliphatic carbocycles. The number of amides is 2. The molecule has 4 nitrogen and oxygen atoms in total. The van der Waals surface area contributed by atoms with E-state index in [4.69, 9.17) is 4.74 Å². The van der Waals surface area contributed by atoms with Crippen LogP contribution in [0.5, 0.6) is 5.75 Å². The van der Waals surface area contributed by atoms with Gasteiger partial charge >= 0.3 is 0 Å². The van der Waals surface area contributed by atoms with Gasteiger partial charge in [-0.15, -0.1) is 0 Å². The molecule has 2 rings (SSSR count). The summed E-state index contributed by atoms with van der Waals surface area (Å²) in [5, 5.41) is 1.85. The molecule has 0 spiro atoms. The Morgan fingerprint density at radius 2 is 2.18 bits per heavy atom. The third-order valence-corrected chi connectivity index (χ3v) is 3.42. The van der Waals surface area contributed by atoms with E-state index < -0.39 is 0 Å². The van der Waals surface area contributed by atoms with Gasteiger partial charge in [0.1, 0.15) is 5.75 Å². The van der Waals surface area contributed by atoms with Gasteiger partial charge in [0.05, 0.1) is 12.0 Å². The van der Waals surface area contributed by atoms with Crippen molar-refractivity contribution in [3.8, 4) is 5.75 Å². The van der Waals surface area contributed by atoms with Crippen LogP contribution in [0.15, 0.2) is 27.6 Å². The van der Waals surface area contributed by atoms with Crippen molar-refractivity contribution < 1.29 is 14.3 Å². The largest absolute Gasteiger partial charge is 0.496 e. The Bertz CT molecular complexity index is 527. The fourth-order valence-corrected chi connectivity index (χ4v) is 2.43. The van der Waals surface area contributed by atoms with Crippen LogP contribution in [-0.2, 0) is 4.79 Å². The number of thioether (sulfide) groups is 1. The maximum atomic E-state index is 11.4. The maximum absolute atomic E-state index is 11.4. The number of halogens is 1. The first-order valence-electron chi connectivity index (χ1n) is 4.68. The zero-order chi connectivity index (χ0) is 12.4. The summed E-state index contributed by atoms with van der Waals surface area (Å²) < 4.78 is 6.06. The standard InChI is InChI=1S/C11H8BrNO3S/c1-16-8-3-2-7(12)4-6(8)5-9-10(14)13-11(15)17-9/h2-5H,1H3,(H,13,14,15)/b9-5-. The average molecular weight is 314 g/mol. The number of methoxy groups -OCH3 is 1. The van der Waals surface area contributed by atoms with E-state index in [0.29, 0.717) is 10.7 Å². The lowest BCUT2D eigenvalue weighted by atomic mass is 10.2. The first kappa shape index (κ1) is 12.2. The molecule has 1 aliphatic rings. The van der Waals surface area contributed by atoms with Crippen molar-refractivity contribution in [2.75, 3.05) is 7.11 Å². The van der Waals surface area contributed by atoms with Crippen LogP contribution in [0.25, 0.3) is 6.08 Å². The number of nitrogens with one attached hydrogen (secondary N) is 1. The second kappa shape index (κ2) is 4.93. The normalized spacial score (nSPS) is 17.4. The Balaban J connectivity index is 2.41. The molecule has 1 saturated heterocycles. The summed E-state index contributed by atoms with van der Waals surface area (Å²) in [4.78, 5) is 22.8. The van der Waals surface area contributed by atoms with Crippen LogP contribution < -0.4 is 10.1 Å². The van der Waals surface area contributed by atoms with Crippen molar-refractivity contribution in [2.45, 2.75) is 0 Å². The molecule has 1 N–H and O–H groups in total. The number of ether oxygens (including phenoxy) is 1. The molecule has 2 amide bonds. The van der Waals surface area contributed by atoms with Crippen LogP contribution in [-0.4, -0.2) is 18.3 Å². The Morgan fingerprint density at radius 3 is 2.76 bits per heavy atom. The predicted molar refractivity (Wildman–Crippen MR) is 69.8 cm³/mol. The highest BCUT2D eigenvalue weighted by Crippen LogP contribution is 2.30. The molecule has 1 aromatic rings. The van der Waals surface area contributed by atoms with E-state index in [1.54, 1.807) is 19.3 Å². The lowest BCUT2D eigenvalue weighted by Crippen LogP contribution is -2.17. The maximum Gasteiger partial charge on any atom is 0.290 e. The Hall–Kier alpha value is -1.27. The van der Waals surface area contributed by atoms with E-state index in [9.17, 15) is 9.59 Å². The van der Waals surface area contributed by atoms with E-state index in [2.05, 4.69) is 21.2 Å². The van der Waals surface area contributed by atoms with Gasteiger partial charge < -0.3 is 4.74 Å². The van der Waals surface area contributed by atoms with E-state index in [0.717, 1.165) is 21.8 Å². The number of hydrogen-bond acceptors (Lipinski definition) is 4. The van der Waals surface area contributed by atoms with Crippen LogP contribution >= 0.6 is 27.7 Å². The lowest BCUT2D eigenvalue weighted by molar-refractivity contribution is -0.115. The first-order valence-corrected chi connectivity index (χ1v) is 6.29. The molecule has 0 radical (unpaired) electrons. The van der Waals surface area contributed by atoms with Crippen LogP contribution in [0.2, 0.25) is 0 Å². The van der Waals surface area contributed by atoms with E-state index in [-0.39, 0.29) is 11.1 Å². The van der Waals surface area contributed by atoms with Crippen molar-refractivity contribution >= 4 is 44.9 Å². The third-order valence-electron chi connectivity index (χ3n) is 2.12. The molecule has 1 heterocycles. The quantitative estimate of drug-likeness (QED) is 0.853. The molecule has 0 atom stereocenters. The third kappa shape index (κ3) is 2.70. The number of carbonyl (C=O) groups excluding carboxylic acids is 2. The molecule has 1 aliphatic heterocycles. The second-order valence-electron chi connectivity index (χ2n) is 3.24. The van der Waals surface area contributed by atoms with Crippen LogP contribution in [0, 0.1) is 0 Å². The number of rotatable bonds is 2. The average Bonchev–Trinajstić information content (AvgIpc) is 2.58. The molecule has 0 unspecified atom stereocenters. The van der Waals surface area contributed by atoms with Crippen molar-refractivity contribution in [1.29, 1.82) is 0 Å². The van der Waals surface area contributed by atoms with Crippen LogP contribution in [0.3, 0.4) is 0 Å². The number of hydrogen-bond donors (Lipinski definition) is 1. The molecule has 17 heavy (non-hydrogen) atoms. The van der Waals surface area contributed by atoms with Gasteiger partial charge in [0, 0.05) is 10.0 Å². The topological polar surface area (TPSA) is 55.4 Å². The minimum Gasteiger partial charge on any atom is -0.496 e. The predicted octanol–water partition coefficient (Wildman–Crippen LogP) is 2.78. The number of carbonyl (C=O) groups is 2. The van der Waals surface area contributed by atoms with E-state index in [1.165, 1.54) is 0 Å². The van der Waals surface area contributed by atoms with E-state index in [1.807, 2.05) is 12.1 Å². The summed E-state index contributed by atoms with van der Waals surface area (Å²) in [6, 6.07) is 5.45. The SMILES string of the molecule is COc1ccc(Br)cc1/C=C1\SC(=O)NC1=O. The molecule has 1 fully saturated rings. The fraction of sp³-hybridized carbons (Fsp3) is 0.0909. The summed E-state index contributed by atoms with van der Waals surface area (Å²) in [6.45, 7) is 0. The highest BCUT2D eigenvalue weighted by atomic mass is 79.9. The van der Waals surface area contributed by atoms with Gasteiger partial charge in [0.2, 0.25) is 0 Å². The van der Waals surface area contributed by atoms with Gasteiger partial charge in [-0.05, 0) is 36.0 Å². The second-order valence-corrected chi connectivity index (χ2v) is 5.17. The smallest absolute Gasteiger partial charge is 0.290 e. The Morgan fingerprint density at radius 1 is 1.41 bits per heavy atom. The van der Waals surface area contributed by atoms with Gasteiger partial charge in [0.25, 0.3) is 11.1 Å².